The first-order valence-corrected chi connectivity index (χ1v) is 44.2. The Morgan fingerprint density at radius 2 is 0.490 bits per heavy atom. The molecule has 0 aliphatic heterocycles. The summed E-state index contributed by atoms with van der Waals surface area (Å²) in [6.45, 7) is 4.93. The second-order valence-electron chi connectivity index (χ2n) is 28.1. The molecule has 0 aliphatic carbocycles. The van der Waals surface area contributed by atoms with Gasteiger partial charge in [-0.3, -0.25) is 37.3 Å². The second-order valence-corrected chi connectivity index (χ2v) is 31.0. The summed E-state index contributed by atoms with van der Waals surface area (Å²) < 4.78 is 68.7. The number of esters is 4. The number of carbonyl (C=O) groups is 4. The lowest BCUT2D eigenvalue weighted by atomic mass is 10.0. The summed E-state index contributed by atoms with van der Waals surface area (Å²) in [6.07, 6.45) is 71.1. The van der Waals surface area contributed by atoms with Crippen molar-refractivity contribution in [1.82, 2.24) is 0 Å². The smallest absolute Gasteiger partial charge is 0.462 e. The van der Waals surface area contributed by atoms with Gasteiger partial charge in [-0.15, -0.1) is 0 Å². The van der Waals surface area contributed by atoms with Gasteiger partial charge in [-0.25, -0.2) is 9.13 Å². The molecule has 17 nitrogen and oxygen atoms in total. The Hall–Kier alpha value is -2.72. The van der Waals surface area contributed by atoms with Crippen molar-refractivity contribution < 1.29 is 80.2 Å². The molecule has 0 heterocycles. The lowest BCUT2D eigenvalue weighted by molar-refractivity contribution is -0.161. The van der Waals surface area contributed by atoms with E-state index in [1.165, 1.54) is 193 Å². The molecule has 0 radical (unpaired) electrons. The maximum absolute atomic E-state index is 13.1. The van der Waals surface area contributed by atoms with Gasteiger partial charge in [-0.1, -0.05) is 327 Å². The largest absolute Gasteiger partial charge is 0.472 e. The van der Waals surface area contributed by atoms with Crippen LogP contribution >= 0.6 is 15.6 Å². The minimum atomic E-state index is -4.97. The third kappa shape index (κ3) is 73.6. The van der Waals surface area contributed by atoms with Crippen LogP contribution in [-0.4, -0.2) is 96.7 Å². The van der Waals surface area contributed by atoms with Gasteiger partial charge >= 0.3 is 39.5 Å². The summed E-state index contributed by atoms with van der Waals surface area (Å²) in [5, 5.41) is 10.6. The summed E-state index contributed by atoms with van der Waals surface area (Å²) in [6, 6.07) is 0. The van der Waals surface area contributed by atoms with Crippen molar-refractivity contribution >= 4 is 39.5 Å². The molecule has 5 atom stereocenters. The first-order chi connectivity index (χ1) is 48.7. The van der Waals surface area contributed by atoms with Crippen molar-refractivity contribution in [1.29, 1.82) is 0 Å². The van der Waals surface area contributed by atoms with Crippen LogP contribution < -0.4 is 0 Å². The molecule has 2 unspecified atom stereocenters. The van der Waals surface area contributed by atoms with Gasteiger partial charge in [0.15, 0.2) is 12.2 Å². The Morgan fingerprint density at radius 1 is 0.280 bits per heavy atom. The topological polar surface area (TPSA) is 237 Å². The van der Waals surface area contributed by atoms with E-state index >= 15 is 0 Å². The predicted molar refractivity (Wildman–Crippen MR) is 409 cm³/mol. The lowest BCUT2D eigenvalue weighted by Crippen LogP contribution is -2.30. The lowest BCUT2D eigenvalue weighted by Gasteiger charge is -2.21. The van der Waals surface area contributed by atoms with Gasteiger partial charge < -0.3 is 33.8 Å². The number of allylic oxidation sites excluding steroid dienone is 6. The van der Waals surface area contributed by atoms with Crippen LogP contribution in [0.5, 0.6) is 0 Å². The quantitative estimate of drug-likeness (QED) is 0.0169. The van der Waals surface area contributed by atoms with Gasteiger partial charge in [-0.2, -0.15) is 0 Å². The fourth-order valence-electron chi connectivity index (χ4n) is 11.8. The Kier molecular flexibility index (Phi) is 72.5. The van der Waals surface area contributed by atoms with Gasteiger partial charge in [0.1, 0.15) is 19.3 Å². The summed E-state index contributed by atoms with van der Waals surface area (Å²) in [7, 11) is -9.94. The minimum Gasteiger partial charge on any atom is -0.462 e. The molecule has 0 aromatic carbocycles. The van der Waals surface area contributed by atoms with E-state index in [4.69, 9.17) is 37.0 Å². The fraction of sp³-hybridized carbons (Fsp3) is 0.877. The van der Waals surface area contributed by atoms with Crippen LogP contribution in [0.2, 0.25) is 0 Å². The van der Waals surface area contributed by atoms with Crippen molar-refractivity contribution in [2.75, 3.05) is 39.6 Å². The zero-order chi connectivity index (χ0) is 73.2. The molecular formula is C81H152O17P2. The highest BCUT2D eigenvalue weighted by Crippen LogP contribution is 2.45. The maximum Gasteiger partial charge on any atom is 0.472 e. The highest BCUT2D eigenvalue weighted by molar-refractivity contribution is 7.47. The average Bonchev–Trinajstić information content (AvgIpc) is 1.11. The standard InChI is InChI=1S/C81H152O17P2/c1-5-9-13-17-21-25-29-33-36-37-40-44-48-52-56-60-64-68-81(86)98-76(71-91-78(83)65-61-57-53-49-45-41-32-28-24-20-16-12-8-4)73-95-99(87,88)93-69-75(82)70-94-100(89,90)96-74-77(97-80(85)67-63-59-55-51-47-43-39-35-31-27-23-19-15-11-7-3)72-92-79(84)66-62-58-54-50-46-42-38-34-30-26-22-18-14-10-6-2/h22,26,34-35,38-39,75-77,82H,5-21,23-25,27-33,36-37,40-74H2,1-4H3,(H,87,88)(H,89,90)/b26-22-,38-34-,39-35-/t75-,76+,77+/m0/s1. The summed E-state index contributed by atoms with van der Waals surface area (Å²) in [4.78, 5) is 73.0. The third-order valence-corrected chi connectivity index (χ3v) is 20.0. The van der Waals surface area contributed by atoms with Gasteiger partial charge in [0, 0.05) is 25.7 Å². The Bertz CT molecular complexity index is 2040. The number of aliphatic hydroxyl groups is 1. The number of phosphoric acid groups is 2. The van der Waals surface area contributed by atoms with E-state index in [-0.39, 0.29) is 25.7 Å². The summed E-state index contributed by atoms with van der Waals surface area (Å²) in [5.74, 6) is -2.15. The van der Waals surface area contributed by atoms with E-state index in [1.807, 2.05) is 0 Å². The maximum atomic E-state index is 13.1. The van der Waals surface area contributed by atoms with Gasteiger partial charge in [0.05, 0.1) is 26.4 Å². The molecule has 588 valence electrons. The highest BCUT2D eigenvalue weighted by Gasteiger charge is 2.30. The zero-order valence-corrected chi connectivity index (χ0v) is 66.2. The SMILES string of the molecule is CCCCC/C=C\C/C=C\CCCCCCCC(=O)OC[C@H](COP(=O)(O)OC[C@@H](O)COP(=O)(O)OC[C@@H](COC(=O)CCCCCCCCCCCCCCC)OC(=O)CCCCCCCCCCCCCCCCCCC)OC(=O)CCCCCCC/C=C\CCCCCCCC. The molecular weight excluding hydrogens is 1310 g/mol. The first-order valence-electron chi connectivity index (χ1n) is 41.2. The van der Waals surface area contributed by atoms with E-state index in [9.17, 15) is 43.2 Å². The number of unbranched alkanes of at least 4 members (excludes halogenated alkanes) is 47. The first kappa shape index (κ1) is 97.3. The Balaban J connectivity index is 5.31. The second kappa shape index (κ2) is 74.5. The summed E-state index contributed by atoms with van der Waals surface area (Å²) >= 11 is 0. The average molecular weight is 1460 g/mol. The molecule has 19 heteroatoms. The minimum absolute atomic E-state index is 0.0882. The van der Waals surface area contributed by atoms with Crippen LogP contribution in [0.1, 0.15) is 400 Å². The molecule has 0 amide bonds. The number of aliphatic hydroxyl groups excluding tert-OH is 1. The molecule has 0 saturated heterocycles. The number of carbonyl (C=O) groups excluding carboxylic acids is 4. The molecule has 0 saturated carbocycles. The van der Waals surface area contributed by atoms with Crippen molar-refractivity contribution in [2.45, 2.75) is 418 Å². The normalized spacial score (nSPS) is 14.0. The van der Waals surface area contributed by atoms with Crippen LogP contribution in [0.4, 0.5) is 0 Å². The van der Waals surface area contributed by atoms with Gasteiger partial charge in [0.25, 0.3) is 0 Å². The molecule has 0 spiro atoms. The fourth-order valence-corrected chi connectivity index (χ4v) is 13.4. The molecule has 0 aromatic rings. The third-order valence-electron chi connectivity index (χ3n) is 18.1. The van der Waals surface area contributed by atoms with Crippen molar-refractivity contribution in [3.05, 3.63) is 36.5 Å². The number of phosphoric ester groups is 2. The monoisotopic (exact) mass is 1460 g/mol. The Labute approximate surface area is 611 Å². The molecule has 100 heavy (non-hydrogen) atoms. The van der Waals surface area contributed by atoms with Crippen molar-refractivity contribution in [3.8, 4) is 0 Å². The molecule has 0 fully saturated rings. The van der Waals surface area contributed by atoms with Crippen LogP contribution in [0.3, 0.4) is 0 Å². The van der Waals surface area contributed by atoms with E-state index in [0.29, 0.717) is 25.7 Å². The number of rotatable bonds is 79. The van der Waals surface area contributed by atoms with Crippen LogP contribution in [0.25, 0.3) is 0 Å². The number of ether oxygens (including phenoxy) is 4. The van der Waals surface area contributed by atoms with E-state index < -0.39 is 97.5 Å². The van der Waals surface area contributed by atoms with E-state index in [0.717, 1.165) is 128 Å². The van der Waals surface area contributed by atoms with E-state index in [2.05, 4.69) is 64.2 Å². The summed E-state index contributed by atoms with van der Waals surface area (Å²) in [5.41, 5.74) is 0. The molecule has 0 aromatic heterocycles. The van der Waals surface area contributed by atoms with Crippen molar-refractivity contribution in [2.24, 2.45) is 0 Å². The number of hydrogen-bond donors (Lipinski definition) is 3. The van der Waals surface area contributed by atoms with Crippen LogP contribution in [-0.2, 0) is 65.4 Å². The zero-order valence-electron chi connectivity index (χ0n) is 64.4. The predicted octanol–water partition coefficient (Wildman–Crippen LogP) is 23.9. The Morgan fingerprint density at radius 3 is 0.770 bits per heavy atom. The van der Waals surface area contributed by atoms with Crippen molar-refractivity contribution in [3.63, 3.8) is 0 Å². The molecule has 3 N–H and O–H groups in total. The van der Waals surface area contributed by atoms with Gasteiger partial charge in [0.2, 0.25) is 0 Å². The van der Waals surface area contributed by atoms with Gasteiger partial charge in [-0.05, 0) is 83.5 Å². The van der Waals surface area contributed by atoms with Crippen LogP contribution in [0.15, 0.2) is 36.5 Å². The molecule has 0 bridgehead atoms. The molecule has 0 aliphatic rings. The highest BCUT2D eigenvalue weighted by atomic mass is 31.2. The van der Waals surface area contributed by atoms with Crippen LogP contribution in [0, 0.1) is 0 Å². The number of hydrogen-bond acceptors (Lipinski definition) is 15. The molecule has 0 rings (SSSR count). The van der Waals surface area contributed by atoms with E-state index in [1.54, 1.807) is 0 Å².